The first kappa shape index (κ1) is 19.7. The van der Waals surface area contributed by atoms with Crippen LogP contribution in [0.15, 0.2) is 47.5 Å². The predicted octanol–water partition coefficient (Wildman–Crippen LogP) is 2.82. The maximum Gasteiger partial charge on any atom is 0.344 e. The molecule has 0 bridgehead atoms. The van der Waals surface area contributed by atoms with Crippen molar-refractivity contribution in [3.05, 3.63) is 48.4 Å². The van der Waals surface area contributed by atoms with E-state index in [2.05, 4.69) is 4.98 Å². The van der Waals surface area contributed by atoms with Gasteiger partial charge >= 0.3 is 12.0 Å². The van der Waals surface area contributed by atoms with E-state index in [1.807, 2.05) is 0 Å². The Morgan fingerprint density at radius 3 is 2.57 bits per heavy atom. The number of hydrogen-bond acceptors (Lipinski definition) is 6. The van der Waals surface area contributed by atoms with Gasteiger partial charge in [0.15, 0.2) is 5.82 Å². The van der Waals surface area contributed by atoms with Crippen molar-refractivity contribution < 1.29 is 27.1 Å². The molecule has 1 aromatic carbocycles. The molecule has 1 aliphatic rings. The number of rotatable bonds is 3. The summed E-state index contributed by atoms with van der Waals surface area (Å²) in [6.45, 7) is 4.04. The molecule has 0 atom stereocenters. The van der Waals surface area contributed by atoms with Crippen molar-refractivity contribution in [1.29, 1.82) is 0 Å². The van der Waals surface area contributed by atoms with Gasteiger partial charge in [0.2, 0.25) is 0 Å². The molecule has 1 aromatic heterocycles. The molecule has 28 heavy (non-hydrogen) atoms. The lowest BCUT2D eigenvalue weighted by Gasteiger charge is -2.35. The number of hydrogen-bond donors (Lipinski definition) is 0. The van der Waals surface area contributed by atoms with Crippen LogP contribution in [0.4, 0.5) is 20.7 Å². The largest absolute Gasteiger partial charge is 0.459 e. The highest BCUT2D eigenvalue weighted by atomic mass is 32.2. The topological polar surface area (TPSA) is 96.9 Å². The number of pyridine rings is 1. The SMILES string of the molecule is CC(C)(C)OC(=O)CN1C(=O)N(c2cccc(F)c2)c2ncccc2S1(=O)=O. The molecule has 2 heterocycles. The summed E-state index contributed by atoms with van der Waals surface area (Å²) in [4.78, 5) is 29.9. The van der Waals surface area contributed by atoms with E-state index in [9.17, 15) is 22.4 Å². The lowest BCUT2D eigenvalue weighted by Crippen LogP contribution is -2.51. The van der Waals surface area contributed by atoms with Crippen molar-refractivity contribution in [3.63, 3.8) is 0 Å². The third kappa shape index (κ3) is 3.68. The molecule has 0 spiro atoms. The molecule has 0 aliphatic carbocycles. The monoisotopic (exact) mass is 407 g/mol. The Bertz CT molecular complexity index is 1050. The number of esters is 1. The fourth-order valence-electron chi connectivity index (χ4n) is 2.67. The van der Waals surface area contributed by atoms with E-state index < -0.39 is 40.0 Å². The van der Waals surface area contributed by atoms with Gasteiger partial charge in [0.05, 0.1) is 5.69 Å². The average molecular weight is 407 g/mol. The summed E-state index contributed by atoms with van der Waals surface area (Å²) in [7, 11) is -4.35. The van der Waals surface area contributed by atoms with Crippen LogP contribution in [0.25, 0.3) is 0 Å². The molecule has 8 nitrogen and oxygen atoms in total. The van der Waals surface area contributed by atoms with Crippen LogP contribution in [0.3, 0.4) is 0 Å². The van der Waals surface area contributed by atoms with Gasteiger partial charge in [-0.15, -0.1) is 0 Å². The van der Waals surface area contributed by atoms with E-state index in [-0.39, 0.29) is 16.4 Å². The molecular weight excluding hydrogens is 389 g/mol. The number of urea groups is 1. The minimum absolute atomic E-state index is 0.0778. The first-order chi connectivity index (χ1) is 13.0. The van der Waals surface area contributed by atoms with Crippen LogP contribution in [0.5, 0.6) is 0 Å². The number of anilines is 2. The zero-order chi connectivity index (χ0) is 20.7. The van der Waals surface area contributed by atoms with Gasteiger partial charge in [-0.3, -0.25) is 4.79 Å². The molecule has 2 amide bonds. The third-order valence-corrected chi connectivity index (χ3v) is 5.43. The standard InChI is InChI=1S/C18H18FN3O5S/c1-18(2,3)27-15(23)11-21-17(24)22(13-7-4-6-12(19)10-13)16-14(28(21,25)26)8-5-9-20-16/h4-10H,11H2,1-3H3. The highest BCUT2D eigenvalue weighted by molar-refractivity contribution is 7.90. The number of carbonyl (C=O) groups is 2. The summed E-state index contributed by atoms with van der Waals surface area (Å²) in [5, 5.41) is 0. The fraction of sp³-hybridized carbons (Fsp3) is 0.278. The Hall–Kier alpha value is -3.01. The van der Waals surface area contributed by atoms with Crippen LogP contribution in [0.1, 0.15) is 20.8 Å². The minimum Gasteiger partial charge on any atom is -0.459 e. The molecule has 1 aliphatic heterocycles. The van der Waals surface area contributed by atoms with Crippen molar-refractivity contribution >= 4 is 33.5 Å². The maximum absolute atomic E-state index is 13.7. The first-order valence-electron chi connectivity index (χ1n) is 8.30. The maximum atomic E-state index is 13.7. The van der Waals surface area contributed by atoms with Gasteiger partial charge in [-0.2, -0.15) is 0 Å². The number of carbonyl (C=O) groups excluding carboxylic acids is 2. The van der Waals surface area contributed by atoms with Gasteiger partial charge in [-0.25, -0.2) is 31.8 Å². The van der Waals surface area contributed by atoms with Gasteiger partial charge in [-0.1, -0.05) is 6.07 Å². The highest BCUT2D eigenvalue weighted by Crippen LogP contribution is 2.37. The van der Waals surface area contributed by atoms with Crippen molar-refractivity contribution in [2.75, 3.05) is 11.4 Å². The van der Waals surface area contributed by atoms with Crippen LogP contribution in [0, 0.1) is 5.82 Å². The minimum atomic E-state index is -4.35. The molecule has 2 aromatic rings. The van der Waals surface area contributed by atoms with Crippen LogP contribution < -0.4 is 4.90 Å². The molecule has 0 N–H and O–H groups in total. The van der Waals surface area contributed by atoms with Crippen molar-refractivity contribution in [2.24, 2.45) is 0 Å². The lowest BCUT2D eigenvalue weighted by molar-refractivity contribution is -0.154. The number of benzene rings is 1. The Labute approximate surface area is 161 Å². The predicted molar refractivity (Wildman–Crippen MR) is 97.9 cm³/mol. The Morgan fingerprint density at radius 2 is 1.93 bits per heavy atom. The zero-order valence-electron chi connectivity index (χ0n) is 15.4. The second-order valence-electron chi connectivity index (χ2n) is 7.02. The molecule has 0 fully saturated rings. The Balaban J connectivity index is 2.10. The zero-order valence-corrected chi connectivity index (χ0v) is 16.2. The summed E-state index contributed by atoms with van der Waals surface area (Å²) in [6, 6.07) is 6.67. The van der Waals surface area contributed by atoms with E-state index in [1.54, 1.807) is 20.8 Å². The third-order valence-electron chi connectivity index (χ3n) is 3.69. The number of amides is 2. The van der Waals surface area contributed by atoms with Gasteiger partial charge in [0.1, 0.15) is 22.9 Å². The van der Waals surface area contributed by atoms with Crippen molar-refractivity contribution in [2.45, 2.75) is 31.3 Å². The summed E-state index contributed by atoms with van der Waals surface area (Å²) < 4.78 is 45.1. The van der Waals surface area contributed by atoms with Crippen LogP contribution >= 0.6 is 0 Å². The van der Waals surface area contributed by atoms with Gasteiger partial charge in [-0.05, 0) is 51.1 Å². The van der Waals surface area contributed by atoms with Crippen molar-refractivity contribution in [3.8, 4) is 0 Å². The molecule has 148 valence electrons. The molecular formula is C18H18FN3O5S. The van der Waals surface area contributed by atoms with E-state index in [1.165, 1.54) is 36.5 Å². The number of sulfonamides is 1. The number of aromatic nitrogens is 1. The van der Waals surface area contributed by atoms with Gasteiger partial charge in [0.25, 0.3) is 10.0 Å². The van der Waals surface area contributed by atoms with Gasteiger partial charge in [0, 0.05) is 6.20 Å². The number of fused-ring (bicyclic) bond motifs is 1. The van der Waals surface area contributed by atoms with Gasteiger partial charge < -0.3 is 4.74 Å². The van der Waals surface area contributed by atoms with E-state index >= 15 is 0 Å². The molecule has 0 saturated carbocycles. The lowest BCUT2D eigenvalue weighted by atomic mass is 10.2. The molecule has 0 saturated heterocycles. The molecule has 0 unspecified atom stereocenters. The van der Waals surface area contributed by atoms with Crippen LogP contribution in [0.2, 0.25) is 0 Å². The summed E-state index contributed by atoms with van der Waals surface area (Å²) in [5.74, 6) is -1.68. The van der Waals surface area contributed by atoms with E-state index in [0.29, 0.717) is 4.31 Å². The van der Waals surface area contributed by atoms with E-state index in [4.69, 9.17) is 4.74 Å². The van der Waals surface area contributed by atoms with Crippen molar-refractivity contribution in [1.82, 2.24) is 9.29 Å². The second-order valence-corrected chi connectivity index (χ2v) is 8.85. The Kier molecular flexibility index (Phi) is 4.84. The molecule has 3 rings (SSSR count). The quantitative estimate of drug-likeness (QED) is 0.726. The molecule has 0 radical (unpaired) electrons. The first-order valence-corrected chi connectivity index (χ1v) is 9.74. The normalized spacial score (nSPS) is 15.9. The summed E-state index contributed by atoms with van der Waals surface area (Å²) in [6.07, 6.45) is 1.32. The van der Waals surface area contributed by atoms with E-state index in [0.717, 1.165) is 11.0 Å². The smallest absolute Gasteiger partial charge is 0.344 e. The van der Waals surface area contributed by atoms with Crippen LogP contribution in [-0.4, -0.2) is 41.9 Å². The highest BCUT2D eigenvalue weighted by Gasteiger charge is 2.44. The average Bonchev–Trinajstić information content (AvgIpc) is 2.58. The number of halogens is 1. The number of nitrogens with zero attached hydrogens (tertiary/aromatic N) is 3. The summed E-state index contributed by atoms with van der Waals surface area (Å²) in [5.41, 5.74) is -0.782. The number of ether oxygens (including phenoxy) is 1. The summed E-state index contributed by atoms with van der Waals surface area (Å²) >= 11 is 0. The molecule has 10 heteroatoms. The Morgan fingerprint density at radius 1 is 1.21 bits per heavy atom. The van der Waals surface area contributed by atoms with Crippen LogP contribution in [-0.2, 0) is 19.6 Å². The second kappa shape index (κ2) is 6.86. The fourth-order valence-corrected chi connectivity index (χ4v) is 4.09.